The Bertz CT molecular complexity index is 363. The minimum absolute atomic E-state index is 0.0754. The van der Waals surface area contributed by atoms with Gasteiger partial charge in [0.25, 0.3) is 0 Å². The van der Waals surface area contributed by atoms with Gasteiger partial charge in [-0.1, -0.05) is 24.6 Å². The molecule has 1 N–H and O–H groups in total. The highest BCUT2D eigenvalue weighted by Gasteiger charge is 2.13. The number of hydrogen-bond donors (Lipinski definition) is 1. The predicted octanol–water partition coefficient (Wildman–Crippen LogP) is 2.93. The lowest BCUT2D eigenvalue weighted by molar-refractivity contribution is -0.137. The Labute approximate surface area is 93.6 Å². The van der Waals surface area contributed by atoms with Gasteiger partial charge >= 0.3 is 5.97 Å². The van der Waals surface area contributed by atoms with Crippen LogP contribution in [0.3, 0.4) is 0 Å². The summed E-state index contributed by atoms with van der Waals surface area (Å²) in [7, 11) is 1.56. The average Bonchev–Trinajstić information content (AvgIpc) is 2.16. The first-order valence-electron chi connectivity index (χ1n) is 4.59. The lowest BCUT2D eigenvalue weighted by Crippen LogP contribution is -2.03. The molecular weight excluding hydrogens is 216 g/mol. The highest BCUT2D eigenvalue weighted by Crippen LogP contribution is 2.29. The van der Waals surface area contributed by atoms with E-state index in [0.717, 1.165) is 5.56 Å². The smallest absolute Gasteiger partial charge is 0.303 e. The van der Waals surface area contributed by atoms with Gasteiger partial charge in [-0.2, -0.15) is 0 Å². The molecule has 4 heteroatoms. The molecule has 1 unspecified atom stereocenters. The lowest BCUT2D eigenvalue weighted by Gasteiger charge is -2.12. The number of carboxylic acids is 1. The van der Waals surface area contributed by atoms with Crippen LogP contribution < -0.4 is 4.74 Å². The number of methoxy groups -OCH3 is 1. The van der Waals surface area contributed by atoms with Crippen molar-refractivity contribution in [2.75, 3.05) is 7.11 Å². The molecular formula is C11H13ClO3. The maximum absolute atomic E-state index is 10.5. The Morgan fingerprint density at radius 2 is 2.27 bits per heavy atom. The first kappa shape index (κ1) is 11.9. The Morgan fingerprint density at radius 1 is 1.60 bits per heavy atom. The fourth-order valence-corrected chi connectivity index (χ4v) is 1.76. The molecule has 82 valence electrons. The summed E-state index contributed by atoms with van der Waals surface area (Å²) in [5.41, 5.74) is 0.833. The average molecular weight is 229 g/mol. The van der Waals surface area contributed by atoms with Gasteiger partial charge in [0.1, 0.15) is 5.75 Å². The molecule has 0 aromatic heterocycles. The van der Waals surface area contributed by atoms with E-state index in [9.17, 15) is 4.79 Å². The van der Waals surface area contributed by atoms with Crippen LogP contribution in [0.25, 0.3) is 0 Å². The zero-order valence-corrected chi connectivity index (χ0v) is 9.41. The van der Waals surface area contributed by atoms with Crippen LogP contribution in [0.4, 0.5) is 0 Å². The summed E-state index contributed by atoms with van der Waals surface area (Å²) in [6.45, 7) is 1.84. The second kappa shape index (κ2) is 5.03. The topological polar surface area (TPSA) is 46.5 Å². The van der Waals surface area contributed by atoms with Gasteiger partial charge in [-0.15, -0.1) is 0 Å². The maximum atomic E-state index is 10.5. The molecule has 0 aliphatic rings. The van der Waals surface area contributed by atoms with Crippen molar-refractivity contribution in [2.24, 2.45) is 0 Å². The van der Waals surface area contributed by atoms with Gasteiger partial charge in [0.2, 0.25) is 0 Å². The molecule has 0 radical (unpaired) electrons. The Hall–Kier alpha value is -1.22. The van der Waals surface area contributed by atoms with E-state index in [1.165, 1.54) is 0 Å². The molecule has 1 rings (SSSR count). The Morgan fingerprint density at radius 3 is 2.73 bits per heavy atom. The molecule has 0 bridgehead atoms. The fraction of sp³-hybridized carbons (Fsp3) is 0.364. The molecule has 3 nitrogen and oxygen atoms in total. The molecule has 0 aliphatic carbocycles. The van der Waals surface area contributed by atoms with Gasteiger partial charge in [0.05, 0.1) is 13.5 Å². The monoisotopic (exact) mass is 228 g/mol. The van der Waals surface area contributed by atoms with E-state index in [1.54, 1.807) is 25.3 Å². The van der Waals surface area contributed by atoms with Gasteiger partial charge < -0.3 is 9.84 Å². The number of carboxylic acid groups (broad SMARTS) is 1. The third-order valence-corrected chi connectivity index (χ3v) is 2.55. The predicted molar refractivity (Wildman–Crippen MR) is 58.7 cm³/mol. The molecule has 1 atom stereocenters. The molecule has 0 saturated carbocycles. The molecule has 0 spiro atoms. The maximum Gasteiger partial charge on any atom is 0.303 e. The Kier molecular flexibility index (Phi) is 3.97. The summed E-state index contributed by atoms with van der Waals surface area (Å²) < 4.78 is 5.01. The molecule has 1 aromatic carbocycles. The number of ether oxygens (including phenoxy) is 1. The minimum Gasteiger partial charge on any atom is -0.497 e. The summed E-state index contributed by atoms with van der Waals surface area (Å²) in [4.78, 5) is 10.5. The normalized spacial score (nSPS) is 12.2. The van der Waals surface area contributed by atoms with Gasteiger partial charge in [-0.25, -0.2) is 0 Å². The number of rotatable bonds is 4. The van der Waals surface area contributed by atoms with Gasteiger partial charge in [0, 0.05) is 5.02 Å². The van der Waals surface area contributed by atoms with Crippen molar-refractivity contribution in [1.82, 2.24) is 0 Å². The molecule has 15 heavy (non-hydrogen) atoms. The zero-order valence-electron chi connectivity index (χ0n) is 8.66. The van der Waals surface area contributed by atoms with E-state index in [-0.39, 0.29) is 12.3 Å². The standard InChI is InChI=1S/C11H13ClO3/c1-7(5-11(13)14)9-4-3-8(15-2)6-10(9)12/h3-4,6-7H,5H2,1-2H3,(H,13,14). The van der Waals surface area contributed by atoms with Crippen LogP contribution in [0, 0.1) is 0 Å². The van der Waals surface area contributed by atoms with Gasteiger partial charge in [0.15, 0.2) is 0 Å². The first-order chi connectivity index (χ1) is 7.04. The largest absolute Gasteiger partial charge is 0.497 e. The van der Waals surface area contributed by atoms with Crippen molar-refractivity contribution in [3.63, 3.8) is 0 Å². The molecule has 0 heterocycles. The summed E-state index contributed by atoms with van der Waals surface area (Å²) in [6.07, 6.45) is 0.0754. The van der Waals surface area contributed by atoms with E-state index in [1.807, 2.05) is 6.92 Å². The van der Waals surface area contributed by atoms with Crippen LogP contribution in [0.1, 0.15) is 24.8 Å². The van der Waals surface area contributed by atoms with Crippen LogP contribution in [-0.4, -0.2) is 18.2 Å². The third kappa shape index (κ3) is 3.13. The fourth-order valence-electron chi connectivity index (χ4n) is 1.41. The van der Waals surface area contributed by atoms with Crippen LogP contribution in [-0.2, 0) is 4.79 Å². The number of carbonyl (C=O) groups is 1. The summed E-state index contributed by atoms with van der Waals surface area (Å²) in [5.74, 6) is -0.249. The number of hydrogen-bond acceptors (Lipinski definition) is 2. The van der Waals surface area contributed by atoms with Crippen LogP contribution in [0.15, 0.2) is 18.2 Å². The third-order valence-electron chi connectivity index (χ3n) is 2.22. The van der Waals surface area contributed by atoms with Gasteiger partial charge in [-0.05, 0) is 23.6 Å². The zero-order chi connectivity index (χ0) is 11.4. The van der Waals surface area contributed by atoms with E-state index in [2.05, 4.69) is 0 Å². The van der Waals surface area contributed by atoms with E-state index >= 15 is 0 Å². The molecule has 0 aliphatic heterocycles. The van der Waals surface area contributed by atoms with Crippen LogP contribution >= 0.6 is 11.6 Å². The molecule has 0 saturated heterocycles. The highest BCUT2D eigenvalue weighted by molar-refractivity contribution is 6.31. The number of aliphatic carboxylic acids is 1. The lowest BCUT2D eigenvalue weighted by atomic mass is 9.98. The second-order valence-electron chi connectivity index (χ2n) is 3.39. The van der Waals surface area contributed by atoms with Crippen molar-refractivity contribution in [3.8, 4) is 5.75 Å². The van der Waals surface area contributed by atoms with E-state index in [4.69, 9.17) is 21.4 Å². The van der Waals surface area contributed by atoms with Crippen molar-refractivity contribution >= 4 is 17.6 Å². The van der Waals surface area contributed by atoms with E-state index in [0.29, 0.717) is 10.8 Å². The molecule has 1 aromatic rings. The SMILES string of the molecule is COc1ccc(C(C)CC(=O)O)c(Cl)c1. The minimum atomic E-state index is -0.825. The second-order valence-corrected chi connectivity index (χ2v) is 3.79. The van der Waals surface area contributed by atoms with Crippen molar-refractivity contribution in [3.05, 3.63) is 28.8 Å². The van der Waals surface area contributed by atoms with Crippen LogP contribution in [0.5, 0.6) is 5.75 Å². The Balaban J connectivity index is 2.90. The van der Waals surface area contributed by atoms with E-state index < -0.39 is 5.97 Å². The van der Waals surface area contributed by atoms with Crippen molar-refractivity contribution < 1.29 is 14.6 Å². The number of benzene rings is 1. The first-order valence-corrected chi connectivity index (χ1v) is 4.97. The molecule has 0 amide bonds. The van der Waals surface area contributed by atoms with Crippen molar-refractivity contribution in [2.45, 2.75) is 19.3 Å². The van der Waals surface area contributed by atoms with Crippen molar-refractivity contribution in [1.29, 1.82) is 0 Å². The summed E-state index contributed by atoms with van der Waals surface area (Å²) in [5, 5.41) is 9.21. The summed E-state index contributed by atoms with van der Waals surface area (Å²) >= 11 is 6.01. The summed E-state index contributed by atoms with van der Waals surface area (Å²) in [6, 6.07) is 5.27. The quantitative estimate of drug-likeness (QED) is 0.862. The van der Waals surface area contributed by atoms with Crippen LogP contribution in [0.2, 0.25) is 5.02 Å². The highest BCUT2D eigenvalue weighted by atomic mass is 35.5. The van der Waals surface area contributed by atoms with Gasteiger partial charge in [-0.3, -0.25) is 4.79 Å². The molecule has 0 fully saturated rings. The number of halogens is 1.